The summed E-state index contributed by atoms with van der Waals surface area (Å²) in [5.74, 6) is 0.674. The Hall–Kier alpha value is -3.59. The van der Waals surface area contributed by atoms with E-state index in [1.54, 1.807) is 10.5 Å². The molecule has 1 aliphatic rings. The number of amides is 1. The first-order valence-corrected chi connectivity index (χ1v) is 13.1. The van der Waals surface area contributed by atoms with Crippen LogP contribution in [0.2, 0.25) is 0 Å². The van der Waals surface area contributed by atoms with Gasteiger partial charge in [0, 0.05) is 49.7 Å². The van der Waals surface area contributed by atoms with Crippen molar-refractivity contribution in [3.05, 3.63) is 70.1 Å². The van der Waals surface area contributed by atoms with Crippen molar-refractivity contribution in [2.75, 3.05) is 55.8 Å². The second-order valence-corrected chi connectivity index (χ2v) is 9.34. The highest BCUT2D eigenvalue weighted by Gasteiger charge is 2.22. The number of pyridine rings is 1. The molecule has 9 heteroatoms. The molecule has 1 fully saturated rings. The molecule has 3 heterocycles. The van der Waals surface area contributed by atoms with Crippen LogP contribution in [0.4, 0.5) is 16.3 Å². The van der Waals surface area contributed by atoms with Gasteiger partial charge in [-0.15, -0.1) is 0 Å². The predicted octanol–water partition coefficient (Wildman–Crippen LogP) is 3.93. The highest BCUT2D eigenvalue weighted by molar-refractivity contribution is 5.67. The first kappa shape index (κ1) is 26.5. The second-order valence-electron chi connectivity index (χ2n) is 9.34. The predicted molar refractivity (Wildman–Crippen MR) is 146 cm³/mol. The minimum atomic E-state index is -0.404. The average molecular weight is 508 g/mol. The zero-order valence-electron chi connectivity index (χ0n) is 22.0. The lowest BCUT2D eigenvalue weighted by Gasteiger charge is -2.33. The fourth-order valence-corrected chi connectivity index (χ4v) is 4.59. The van der Waals surface area contributed by atoms with Crippen LogP contribution in [0.3, 0.4) is 0 Å². The number of benzene rings is 1. The zero-order valence-corrected chi connectivity index (χ0v) is 22.0. The summed E-state index contributed by atoms with van der Waals surface area (Å²) in [7, 11) is 0. The Balaban J connectivity index is 1.65. The Morgan fingerprint density at radius 1 is 1.22 bits per heavy atom. The van der Waals surface area contributed by atoms with Gasteiger partial charge in [0.1, 0.15) is 11.5 Å². The van der Waals surface area contributed by atoms with Crippen LogP contribution in [0.5, 0.6) is 0 Å². The number of fused-ring (bicyclic) bond motifs is 1. The van der Waals surface area contributed by atoms with Crippen molar-refractivity contribution in [1.82, 2.24) is 14.7 Å². The van der Waals surface area contributed by atoms with Crippen LogP contribution in [0, 0.1) is 6.92 Å². The van der Waals surface area contributed by atoms with Crippen LogP contribution < -0.4 is 20.7 Å². The lowest BCUT2D eigenvalue weighted by atomic mass is 10.0. The SMILES string of the molecule is CCCCOC(=O)NCCN(c1ccccc1)C(C)c1cc(C)cn2c(=O)cc(N3CCOCC3)nc12. The monoisotopic (exact) mass is 507 g/mol. The summed E-state index contributed by atoms with van der Waals surface area (Å²) in [6.45, 7) is 10.2. The van der Waals surface area contributed by atoms with E-state index in [1.807, 2.05) is 43.5 Å². The third-order valence-corrected chi connectivity index (χ3v) is 6.61. The molecule has 1 amide bonds. The molecule has 1 saturated heterocycles. The van der Waals surface area contributed by atoms with E-state index in [0.29, 0.717) is 57.5 Å². The van der Waals surface area contributed by atoms with Gasteiger partial charge in [0.25, 0.3) is 5.56 Å². The summed E-state index contributed by atoms with van der Waals surface area (Å²) in [4.78, 5) is 34.5. The van der Waals surface area contributed by atoms with E-state index in [0.717, 1.165) is 29.7 Å². The standard InChI is InChI=1S/C28H37N5O4/c1-4-5-15-37-28(35)29-11-12-32(23-9-7-6-8-10-23)22(3)24-18-21(2)20-33-26(34)19-25(30-27(24)33)31-13-16-36-17-14-31/h6-10,18-20,22H,4-5,11-17H2,1-3H3,(H,29,35). The Labute approximate surface area is 218 Å². The first-order valence-electron chi connectivity index (χ1n) is 13.1. The lowest BCUT2D eigenvalue weighted by Crippen LogP contribution is -2.38. The van der Waals surface area contributed by atoms with Gasteiger partial charge in [0.15, 0.2) is 0 Å². The first-order chi connectivity index (χ1) is 18.0. The molecule has 1 N–H and O–H groups in total. The van der Waals surface area contributed by atoms with E-state index in [2.05, 4.69) is 35.0 Å². The van der Waals surface area contributed by atoms with E-state index in [4.69, 9.17) is 14.5 Å². The molecule has 198 valence electrons. The van der Waals surface area contributed by atoms with Gasteiger partial charge in [0.05, 0.1) is 25.9 Å². The number of ether oxygens (including phenoxy) is 2. The van der Waals surface area contributed by atoms with Crippen molar-refractivity contribution < 1.29 is 14.3 Å². The van der Waals surface area contributed by atoms with E-state index in [-0.39, 0.29) is 11.6 Å². The Bertz CT molecular complexity index is 1240. The molecular weight excluding hydrogens is 470 g/mol. The summed E-state index contributed by atoms with van der Waals surface area (Å²) in [5.41, 5.74) is 3.47. The summed E-state index contributed by atoms with van der Waals surface area (Å²) in [6, 6.07) is 13.6. The molecule has 0 radical (unpaired) electrons. The van der Waals surface area contributed by atoms with E-state index in [1.165, 1.54) is 0 Å². The molecule has 0 saturated carbocycles. The summed E-state index contributed by atoms with van der Waals surface area (Å²) >= 11 is 0. The van der Waals surface area contributed by atoms with Crippen LogP contribution in [-0.2, 0) is 9.47 Å². The molecule has 1 aromatic carbocycles. The summed E-state index contributed by atoms with van der Waals surface area (Å²) in [5, 5.41) is 2.87. The van der Waals surface area contributed by atoms with Crippen LogP contribution in [-0.4, -0.2) is 61.5 Å². The van der Waals surface area contributed by atoms with Gasteiger partial charge in [-0.2, -0.15) is 0 Å². The maximum absolute atomic E-state index is 13.2. The molecule has 37 heavy (non-hydrogen) atoms. The van der Waals surface area contributed by atoms with Crippen molar-refractivity contribution in [3.8, 4) is 0 Å². The molecule has 3 aromatic rings. The molecule has 1 aliphatic heterocycles. The van der Waals surface area contributed by atoms with Crippen LogP contribution >= 0.6 is 0 Å². The maximum atomic E-state index is 13.2. The number of rotatable bonds is 10. The number of morpholine rings is 1. The minimum absolute atomic E-state index is 0.105. The molecular formula is C28H37N5O4. The third kappa shape index (κ3) is 6.60. The van der Waals surface area contributed by atoms with Gasteiger partial charge in [0.2, 0.25) is 0 Å². The number of nitrogens with zero attached hydrogens (tertiary/aromatic N) is 4. The molecule has 1 unspecified atom stereocenters. The number of aromatic nitrogens is 2. The van der Waals surface area contributed by atoms with Crippen molar-refractivity contribution in [2.45, 2.75) is 39.7 Å². The van der Waals surface area contributed by atoms with Crippen LogP contribution in [0.25, 0.3) is 5.65 Å². The average Bonchev–Trinajstić information content (AvgIpc) is 2.92. The number of nitrogens with one attached hydrogen (secondary N) is 1. The van der Waals surface area contributed by atoms with Gasteiger partial charge in [-0.1, -0.05) is 31.5 Å². The molecule has 0 aliphatic carbocycles. The normalized spacial score (nSPS) is 14.4. The molecule has 0 spiro atoms. The highest BCUT2D eigenvalue weighted by Crippen LogP contribution is 2.29. The van der Waals surface area contributed by atoms with Crippen molar-refractivity contribution in [3.63, 3.8) is 0 Å². The van der Waals surface area contributed by atoms with Crippen LogP contribution in [0.15, 0.2) is 53.5 Å². The Morgan fingerprint density at radius 3 is 2.70 bits per heavy atom. The van der Waals surface area contributed by atoms with Crippen molar-refractivity contribution in [2.24, 2.45) is 0 Å². The van der Waals surface area contributed by atoms with Crippen molar-refractivity contribution in [1.29, 1.82) is 0 Å². The number of aryl methyl sites for hydroxylation is 1. The molecule has 2 aromatic heterocycles. The van der Waals surface area contributed by atoms with Crippen LogP contribution in [0.1, 0.15) is 43.9 Å². The highest BCUT2D eigenvalue weighted by atomic mass is 16.5. The van der Waals surface area contributed by atoms with Gasteiger partial charge >= 0.3 is 6.09 Å². The second kappa shape index (κ2) is 12.6. The van der Waals surface area contributed by atoms with E-state index in [9.17, 15) is 9.59 Å². The minimum Gasteiger partial charge on any atom is -0.450 e. The number of para-hydroxylation sites is 1. The summed E-state index contributed by atoms with van der Waals surface area (Å²) < 4.78 is 12.4. The van der Waals surface area contributed by atoms with Gasteiger partial charge in [-0.05, 0) is 44.0 Å². The fraction of sp³-hybridized carbons (Fsp3) is 0.464. The molecule has 9 nitrogen and oxygen atoms in total. The number of carbonyl (C=O) groups excluding carboxylic acids is 1. The number of anilines is 2. The number of unbranched alkanes of at least 4 members (excludes halogenated alkanes) is 1. The lowest BCUT2D eigenvalue weighted by molar-refractivity contribution is 0.122. The van der Waals surface area contributed by atoms with Gasteiger partial charge < -0.3 is 24.6 Å². The quantitative estimate of drug-likeness (QED) is 0.416. The smallest absolute Gasteiger partial charge is 0.407 e. The topological polar surface area (TPSA) is 88.4 Å². The Morgan fingerprint density at radius 2 is 1.97 bits per heavy atom. The zero-order chi connectivity index (χ0) is 26.2. The fourth-order valence-electron chi connectivity index (χ4n) is 4.59. The summed E-state index contributed by atoms with van der Waals surface area (Å²) in [6.07, 6.45) is 3.25. The Kier molecular flexibility index (Phi) is 9.00. The third-order valence-electron chi connectivity index (χ3n) is 6.61. The van der Waals surface area contributed by atoms with E-state index < -0.39 is 6.09 Å². The van der Waals surface area contributed by atoms with Gasteiger partial charge in [-0.3, -0.25) is 9.20 Å². The van der Waals surface area contributed by atoms with Crippen molar-refractivity contribution >= 4 is 23.2 Å². The number of hydrogen-bond acceptors (Lipinski definition) is 7. The molecule has 1 atom stereocenters. The van der Waals surface area contributed by atoms with Gasteiger partial charge in [-0.25, -0.2) is 9.78 Å². The maximum Gasteiger partial charge on any atom is 0.407 e. The molecule has 0 bridgehead atoms. The number of hydrogen-bond donors (Lipinski definition) is 1. The number of alkyl carbamates (subject to hydrolysis) is 1. The largest absolute Gasteiger partial charge is 0.450 e. The number of carbonyl (C=O) groups is 1. The van der Waals surface area contributed by atoms with E-state index >= 15 is 0 Å². The molecule has 4 rings (SSSR count).